The van der Waals surface area contributed by atoms with E-state index in [1.165, 1.54) is 23.9 Å². The molecular formula is C17H15F3N2O2S2. The lowest BCUT2D eigenvalue weighted by Gasteiger charge is -2.11. The van der Waals surface area contributed by atoms with Gasteiger partial charge in [0.2, 0.25) is 11.8 Å². The number of para-hydroxylation sites is 1. The first-order valence-corrected chi connectivity index (χ1v) is 9.33. The van der Waals surface area contributed by atoms with Crippen LogP contribution in [0.25, 0.3) is 0 Å². The van der Waals surface area contributed by atoms with Gasteiger partial charge in [0.1, 0.15) is 0 Å². The lowest BCUT2D eigenvalue weighted by molar-refractivity contribution is -0.137. The second-order valence-electron chi connectivity index (χ2n) is 5.11. The highest BCUT2D eigenvalue weighted by Crippen LogP contribution is 2.32. The van der Waals surface area contributed by atoms with Gasteiger partial charge in [0.15, 0.2) is 0 Å². The zero-order valence-electron chi connectivity index (χ0n) is 13.4. The van der Waals surface area contributed by atoms with Gasteiger partial charge in [0.05, 0.1) is 22.8 Å². The van der Waals surface area contributed by atoms with E-state index >= 15 is 0 Å². The number of primary amides is 1. The minimum atomic E-state index is -4.42. The van der Waals surface area contributed by atoms with Crippen molar-refractivity contribution in [1.29, 1.82) is 0 Å². The van der Waals surface area contributed by atoms with Gasteiger partial charge in [-0.2, -0.15) is 13.2 Å². The Morgan fingerprint density at radius 2 is 1.73 bits per heavy atom. The fourth-order valence-electron chi connectivity index (χ4n) is 1.94. The lowest BCUT2D eigenvalue weighted by Crippen LogP contribution is -2.16. The van der Waals surface area contributed by atoms with E-state index < -0.39 is 17.6 Å². The average Bonchev–Trinajstić information content (AvgIpc) is 2.58. The quantitative estimate of drug-likeness (QED) is 0.689. The summed E-state index contributed by atoms with van der Waals surface area (Å²) in [7, 11) is 0. The minimum Gasteiger partial charge on any atom is -0.369 e. The molecular weight excluding hydrogens is 385 g/mol. The standard InChI is InChI=1S/C17H15F3N2O2S2/c18-17(19,20)11-4-3-5-12(8-11)25-10-16(24)22-13-6-1-2-7-14(13)26-9-15(21)23/h1-8H,9-10H2,(H2,21,23)(H,22,24). The number of carbonyl (C=O) groups excluding carboxylic acids is 2. The molecule has 2 aromatic rings. The third kappa shape index (κ3) is 6.30. The predicted molar refractivity (Wildman–Crippen MR) is 97.2 cm³/mol. The normalized spacial score (nSPS) is 11.2. The molecule has 4 nitrogen and oxygen atoms in total. The van der Waals surface area contributed by atoms with Crippen molar-refractivity contribution < 1.29 is 22.8 Å². The van der Waals surface area contributed by atoms with Crippen molar-refractivity contribution in [2.45, 2.75) is 16.0 Å². The summed E-state index contributed by atoms with van der Waals surface area (Å²) in [6, 6.07) is 11.7. The van der Waals surface area contributed by atoms with Crippen LogP contribution in [0.3, 0.4) is 0 Å². The van der Waals surface area contributed by atoms with Crippen molar-refractivity contribution in [3.8, 4) is 0 Å². The van der Waals surface area contributed by atoms with Crippen LogP contribution < -0.4 is 11.1 Å². The first-order chi connectivity index (χ1) is 12.3. The molecule has 3 N–H and O–H groups in total. The van der Waals surface area contributed by atoms with E-state index in [0.29, 0.717) is 15.5 Å². The summed E-state index contributed by atoms with van der Waals surface area (Å²) in [4.78, 5) is 24.0. The Kier molecular flexibility index (Phi) is 6.98. The minimum absolute atomic E-state index is 0.0455. The van der Waals surface area contributed by atoms with E-state index in [2.05, 4.69) is 5.32 Å². The number of hydrogen-bond acceptors (Lipinski definition) is 4. The molecule has 0 aliphatic rings. The second-order valence-corrected chi connectivity index (χ2v) is 7.18. The van der Waals surface area contributed by atoms with E-state index in [9.17, 15) is 22.8 Å². The number of nitrogens with one attached hydrogen (secondary N) is 1. The van der Waals surface area contributed by atoms with Gasteiger partial charge >= 0.3 is 6.18 Å². The summed E-state index contributed by atoms with van der Waals surface area (Å²) >= 11 is 2.20. The molecule has 138 valence electrons. The molecule has 2 rings (SSSR count). The molecule has 0 saturated heterocycles. The number of halogens is 3. The summed E-state index contributed by atoms with van der Waals surface area (Å²) < 4.78 is 38.1. The number of amides is 2. The van der Waals surface area contributed by atoms with Crippen molar-refractivity contribution in [2.75, 3.05) is 16.8 Å². The molecule has 0 heterocycles. The van der Waals surface area contributed by atoms with Crippen molar-refractivity contribution >= 4 is 41.0 Å². The number of benzene rings is 2. The molecule has 0 spiro atoms. The maximum atomic E-state index is 12.7. The van der Waals surface area contributed by atoms with Gasteiger partial charge in [0.25, 0.3) is 0 Å². The highest BCUT2D eigenvalue weighted by atomic mass is 32.2. The van der Waals surface area contributed by atoms with Crippen molar-refractivity contribution in [2.24, 2.45) is 5.73 Å². The smallest absolute Gasteiger partial charge is 0.369 e. The van der Waals surface area contributed by atoms with Crippen LogP contribution in [0.1, 0.15) is 5.56 Å². The summed E-state index contributed by atoms with van der Waals surface area (Å²) in [6.07, 6.45) is -4.42. The van der Waals surface area contributed by atoms with E-state index in [1.807, 2.05) is 0 Å². The maximum Gasteiger partial charge on any atom is 0.416 e. The number of thioether (sulfide) groups is 2. The summed E-state index contributed by atoms with van der Waals surface area (Å²) in [5, 5.41) is 2.69. The molecule has 0 fully saturated rings. The number of alkyl halides is 3. The summed E-state index contributed by atoms with van der Waals surface area (Å²) in [5.41, 5.74) is 4.88. The molecule has 2 aromatic carbocycles. The first kappa shape index (κ1) is 20.2. The molecule has 0 saturated carbocycles. The van der Waals surface area contributed by atoms with Gasteiger partial charge < -0.3 is 11.1 Å². The Bertz CT molecular complexity index is 798. The fourth-order valence-corrected chi connectivity index (χ4v) is 3.44. The predicted octanol–water partition coefficient (Wildman–Crippen LogP) is 4.01. The molecule has 0 aliphatic heterocycles. The Morgan fingerprint density at radius 3 is 2.42 bits per heavy atom. The van der Waals surface area contributed by atoms with Gasteiger partial charge in [-0.3, -0.25) is 9.59 Å². The zero-order valence-corrected chi connectivity index (χ0v) is 15.0. The molecule has 0 radical (unpaired) electrons. The second kappa shape index (κ2) is 9.00. The van der Waals surface area contributed by atoms with E-state index in [-0.39, 0.29) is 17.4 Å². The maximum absolute atomic E-state index is 12.7. The van der Waals surface area contributed by atoms with Gasteiger partial charge in [-0.15, -0.1) is 23.5 Å². The van der Waals surface area contributed by atoms with E-state index in [1.54, 1.807) is 24.3 Å². The molecule has 0 aliphatic carbocycles. The first-order valence-electron chi connectivity index (χ1n) is 7.36. The van der Waals surface area contributed by atoms with Crippen LogP contribution in [0, 0.1) is 0 Å². The van der Waals surface area contributed by atoms with Gasteiger partial charge in [-0.25, -0.2) is 0 Å². The Morgan fingerprint density at radius 1 is 1.00 bits per heavy atom. The third-order valence-electron chi connectivity index (χ3n) is 3.06. The van der Waals surface area contributed by atoms with Crippen LogP contribution in [-0.2, 0) is 15.8 Å². The molecule has 26 heavy (non-hydrogen) atoms. The highest BCUT2D eigenvalue weighted by molar-refractivity contribution is 8.00. The van der Waals surface area contributed by atoms with Crippen molar-refractivity contribution in [3.63, 3.8) is 0 Å². The molecule has 0 atom stereocenters. The van der Waals surface area contributed by atoms with Crippen molar-refractivity contribution in [3.05, 3.63) is 54.1 Å². The van der Waals surface area contributed by atoms with E-state index in [0.717, 1.165) is 23.9 Å². The third-order valence-corrected chi connectivity index (χ3v) is 5.15. The molecule has 0 unspecified atom stereocenters. The number of anilines is 1. The topological polar surface area (TPSA) is 72.2 Å². The number of carbonyl (C=O) groups is 2. The molecule has 0 bridgehead atoms. The monoisotopic (exact) mass is 400 g/mol. The summed E-state index contributed by atoms with van der Waals surface area (Å²) in [5.74, 6) is -0.807. The van der Waals surface area contributed by atoms with Crippen LogP contribution in [0.4, 0.5) is 18.9 Å². The SMILES string of the molecule is NC(=O)CSc1ccccc1NC(=O)CSc1cccc(C(F)(F)F)c1. The Hall–Kier alpha value is -2.13. The van der Waals surface area contributed by atoms with Crippen LogP contribution in [-0.4, -0.2) is 23.3 Å². The van der Waals surface area contributed by atoms with Gasteiger partial charge in [0, 0.05) is 9.79 Å². The van der Waals surface area contributed by atoms with E-state index in [4.69, 9.17) is 5.73 Å². The van der Waals surface area contributed by atoms with Crippen molar-refractivity contribution in [1.82, 2.24) is 0 Å². The molecule has 0 aromatic heterocycles. The zero-order chi connectivity index (χ0) is 19.2. The highest BCUT2D eigenvalue weighted by Gasteiger charge is 2.30. The average molecular weight is 400 g/mol. The number of hydrogen-bond donors (Lipinski definition) is 2. The van der Waals surface area contributed by atoms with Gasteiger partial charge in [-0.05, 0) is 30.3 Å². The van der Waals surface area contributed by atoms with Crippen LogP contribution in [0.5, 0.6) is 0 Å². The van der Waals surface area contributed by atoms with Crippen LogP contribution in [0.15, 0.2) is 58.3 Å². The van der Waals surface area contributed by atoms with Crippen LogP contribution in [0.2, 0.25) is 0 Å². The summed E-state index contributed by atoms with van der Waals surface area (Å²) in [6.45, 7) is 0. The fraction of sp³-hybridized carbons (Fsp3) is 0.176. The largest absolute Gasteiger partial charge is 0.416 e. The van der Waals surface area contributed by atoms with Gasteiger partial charge in [-0.1, -0.05) is 18.2 Å². The lowest BCUT2D eigenvalue weighted by atomic mass is 10.2. The number of nitrogens with two attached hydrogens (primary N) is 1. The Labute approximate surface area is 156 Å². The van der Waals surface area contributed by atoms with Crippen LogP contribution >= 0.6 is 23.5 Å². The number of rotatable bonds is 7. The molecule has 9 heteroatoms. The Balaban J connectivity index is 1.97. The molecule has 2 amide bonds.